The molecule has 0 aliphatic heterocycles. The third kappa shape index (κ3) is 2.88. The molecule has 6 nitrogen and oxygen atoms in total. The molecule has 0 saturated heterocycles. The van der Waals surface area contributed by atoms with E-state index in [0.29, 0.717) is 5.95 Å². The molecule has 0 aliphatic rings. The summed E-state index contributed by atoms with van der Waals surface area (Å²) in [5, 5.41) is 10.8. The first-order chi connectivity index (χ1) is 7.58. The minimum atomic E-state index is -0.501. The van der Waals surface area contributed by atoms with E-state index in [4.69, 9.17) is 5.73 Å². The summed E-state index contributed by atoms with van der Waals surface area (Å²) in [6.07, 6.45) is 1.59. The van der Waals surface area contributed by atoms with E-state index in [1.54, 1.807) is 6.92 Å². The molecule has 1 heterocycles. The van der Waals surface area contributed by atoms with E-state index >= 15 is 0 Å². The zero-order valence-corrected chi connectivity index (χ0v) is 9.82. The molecule has 1 aromatic rings. The van der Waals surface area contributed by atoms with Crippen LogP contribution < -0.4 is 11.1 Å². The summed E-state index contributed by atoms with van der Waals surface area (Å²) in [6, 6.07) is -0.501. The molecule has 0 aliphatic carbocycles. The number of amides is 1. The van der Waals surface area contributed by atoms with Crippen molar-refractivity contribution >= 4 is 11.9 Å². The van der Waals surface area contributed by atoms with Crippen molar-refractivity contribution in [3.8, 4) is 0 Å². The Kier molecular flexibility index (Phi) is 4.16. The minimum Gasteiger partial charge on any atom is -0.368 e. The molecule has 1 aromatic heterocycles. The summed E-state index contributed by atoms with van der Waals surface area (Å²) >= 11 is 0. The van der Waals surface area contributed by atoms with Gasteiger partial charge in [-0.15, -0.1) is 5.10 Å². The van der Waals surface area contributed by atoms with Gasteiger partial charge in [-0.3, -0.25) is 4.79 Å². The molecule has 1 atom stereocenters. The molecule has 3 N–H and O–H groups in total. The van der Waals surface area contributed by atoms with Crippen LogP contribution in [0.2, 0.25) is 0 Å². The number of aromatic nitrogens is 3. The maximum Gasteiger partial charge on any atom is 0.243 e. The van der Waals surface area contributed by atoms with Crippen molar-refractivity contribution in [3.05, 3.63) is 11.4 Å². The van der Waals surface area contributed by atoms with Gasteiger partial charge in [0.15, 0.2) is 0 Å². The predicted octanol–water partition coefficient (Wildman–Crippen LogP) is 0.282. The molecule has 6 heteroatoms. The predicted molar refractivity (Wildman–Crippen MR) is 60.9 cm³/mol. The maximum atomic E-state index is 10.9. The molecular weight excluding hydrogens is 206 g/mol. The Balaban J connectivity index is 2.86. The molecule has 0 radical (unpaired) electrons. The first-order valence-electron chi connectivity index (χ1n) is 5.36. The highest BCUT2D eigenvalue weighted by Crippen LogP contribution is 2.07. The van der Waals surface area contributed by atoms with Gasteiger partial charge in [-0.1, -0.05) is 13.8 Å². The van der Waals surface area contributed by atoms with Gasteiger partial charge < -0.3 is 11.1 Å². The van der Waals surface area contributed by atoms with Crippen LogP contribution in [0.3, 0.4) is 0 Å². The van der Waals surface area contributed by atoms with Gasteiger partial charge in [0.1, 0.15) is 6.04 Å². The van der Waals surface area contributed by atoms with Gasteiger partial charge in [0.05, 0.1) is 11.4 Å². The minimum absolute atomic E-state index is 0.348. The quantitative estimate of drug-likeness (QED) is 0.747. The van der Waals surface area contributed by atoms with Crippen LogP contribution in [0.4, 0.5) is 5.95 Å². The van der Waals surface area contributed by atoms with E-state index in [9.17, 15) is 4.79 Å². The Bertz CT molecular complexity index is 379. The van der Waals surface area contributed by atoms with Crippen LogP contribution in [-0.2, 0) is 17.6 Å². The van der Waals surface area contributed by atoms with Crippen molar-refractivity contribution < 1.29 is 4.79 Å². The Morgan fingerprint density at radius 3 is 2.44 bits per heavy atom. The van der Waals surface area contributed by atoms with Crippen LogP contribution in [0.5, 0.6) is 0 Å². The lowest BCUT2D eigenvalue weighted by Crippen LogP contribution is -2.33. The van der Waals surface area contributed by atoms with Gasteiger partial charge >= 0.3 is 0 Å². The van der Waals surface area contributed by atoms with E-state index in [0.717, 1.165) is 24.2 Å². The van der Waals surface area contributed by atoms with Gasteiger partial charge in [0, 0.05) is 0 Å². The van der Waals surface area contributed by atoms with Crippen LogP contribution >= 0.6 is 0 Å². The van der Waals surface area contributed by atoms with Gasteiger partial charge in [-0.25, -0.2) is 4.98 Å². The Morgan fingerprint density at radius 1 is 1.31 bits per heavy atom. The van der Waals surface area contributed by atoms with E-state index in [1.165, 1.54) is 0 Å². The van der Waals surface area contributed by atoms with Gasteiger partial charge in [0.25, 0.3) is 0 Å². The summed E-state index contributed by atoms with van der Waals surface area (Å²) in [4.78, 5) is 15.2. The van der Waals surface area contributed by atoms with E-state index < -0.39 is 11.9 Å². The largest absolute Gasteiger partial charge is 0.368 e. The van der Waals surface area contributed by atoms with Crippen molar-refractivity contribution in [2.45, 2.75) is 39.7 Å². The molecule has 1 unspecified atom stereocenters. The number of nitrogens with zero attached hydrogens (tertiary/aromatic N) is 3. The number of carbonyl (C=O) groups excluding carboxylic acids is 1. The number of hydrogen-bond acceptors (Lipinski definition) is 5. The summed E-state index contributed by atoms with van der Waals surface area (Å²) in [6.45, 7) is 5.67. The molecule has 1 rings (SSSR count). The second kappa shape index (κ2) is 5.39. The Labute approximate surface area is 94.7 Å². The molecule has 0 aromatic carbocycles. The van der Waals surface area contributed by atoms with Crippen LogP contribution in [0.25, 0.3) is 0 Å². The van der Waals surface area contributed by atoms with Crippen LogP contribution in [0, 0.1) is 0 Å². The second-order valence-corrected chi connectivity index (χ2v) is 3.50. The number of aryl methyl sites for hydroxylation is 2. The molecule has 0 spiro atoms. The van der Waals surface area contributed by atoms with Crippen molar-refractivity contribution in [1.29, 1.82) is 0 Å². The Hall–Kier alpha value is -1.72. The van der Waals surface area contributed by atoms with Crippen LogP contribution in [0.1, 0.15) is 32.2 Å². The SMILES string of the molecule is CCc1nnc(NC(C)C(N)=O)nc1CC. The first kappa shape index (κ1) is 12.4. The highest BCUT2D eigenvalue weighted by molar-refractivity contribution is 5.81. The van der Waals surface area contributed by atoms with E-state index in [1.807, 2.05) is 13.8 Å². The average molecular weight is 223 g/mol. The third-order valence-corrected chi connectivity index (χ3v) is 2.28. The lowest BCUT2D eigenvalue weighted by molar-refractivity contribution is -0.118. The summed E-state index contributed by atoms with van der Waals surface area (Å²) < 4.78 is 0. The standard InChI is InChI=1S/C10H17N5O/c1-4-7-8(5-2)14-15-10(13-7)12-6(3)9(11)16/h6H,4-5H2,1-3H3,(H2,11,16)(H,12,13,15). The second-order valence-electron chi connectivity index (χ2n) is 3.50. The normalized spacial score (nSPS) is 12.2. The molecule has 0 fully saturated rings. The smallest absolute Gasteiger partial charge is 0.243 e. The zero-order valence-electron chi connectivity index (χ0n) is 9.82. The number of primary amides is 1. The topological polar surface area (TPSA) is 93.8 Å². The number of anilines is 1. The zero-order chi connectivity index (χ0) is 12.1. The fourth-order valence-corrected chi connectivity index (χ4v) is 1.26. The van der Waals surface area contributed by atoms with Crippen LogP contribution in [0.15, 0.2) is 0 Å². The molecular formula is C10H17N5O. The van der Waals surface area contributed by atoms with Gasteiger partial charge in [-0.05, 0) is 19.8 Å². The van der Waals surface area contributed by atoms with Crippen molar-refractivity contribution in [3.63, 3.8) is 0 Å². The molecule has 0 saturated carbocycles. The summed E-state index contributed by atoms with van der Waals surface area (Å²) in [5.74, 6) is -0.0958. The lowest BCUT2D eigenvalue weighted by Gasteiger charge is -2.11. The van der Waals surface area contributed by atoms with Crippen LogP contribution in [-0.4, -0.2) is 27.1 Å². The number of nitrogens with two attached hydrogens (primary N) is 1. The van der Waals surface area contributed by atoms with E-state index in [-0.39, 0.29) is 0 Å². The fourth-order valence-electron chi connectivity index (χ4n) is 1.26. The van der Waals surface area contributed by atoms with Gasteiger partial charge in [0.2, 0.25) is 11.9 Å². The number of nitrogens with one attached hydrogen (secondary N) is 1. The monoisotopic (exact) mass is 223 g/mol. The van der Waals surface area contributed by atoms with Gasteiger partial charge in [-0.2, -0.15) is 5.10 Å². The Morgan fingerprint density at radius 2 is 1.94 bits per heavy atom. The van der Waals surface area contributed by atoms with Crippen molar-refractivity contribution in [1.82, 2.24) is 15.2 Å². The van der Waals surface area contributed by atoms with Crippen molar-refractivity contribution in [2.75, 3.05) is 5.32 Å². The summed E-state index contributed by atoms with van der Waals surface area (Å²) in [5.41, 5.74) is 6.92. The average Bonchev–Trinajstić information content (AvgIpc) is 2.28. The molecule has 1 amide bonds. The first-order valence-corrected chi connectivity index (χ1v) is 5.36. The lowest BCUT2D eigenvalue weighted by atomic mass is 10.2. The highest BCUT2D eigenvalue weighted by atomic mass is 16.1. The molecule has 88 valence electrons. The number of rotatable bonds is 5. The fraction of sp³-hybridized carbons (Fsp3) is 0.600. The number of carbonyl (C=O) groups is 1. The third-order valence-electron chi connectivity index (χ3n) is 2.28. The number of hydrogen-bond donors (Lipinski definition) is 2. The highest BCUT2D eigenvalue weighted by Gasteiger charge is 2.11. The van der Waals surface area contributed by atoms with E-state index in [2.05, 4.69) is 20.5 Å². The molecule has 16 heavy (non-hydrogen) atoms. The molecule has 0 bridgehead atoms. The van der Waals surface area contributed by atoms with Crippen molar-refractivity contribution in [2.24, 2.45) is 5.73 Å². The summed E-state index contributed by atoms with van der Waals surface area (Å²) in [7, 11) is 0. The maximum absolute atomic E-state index is 10.9.